The molecule has 0 amide bonds. The van der Waals surface area contributed by atoms with Crippen LogP contribution >= 0.6 is 0 Å². The first-order valence-corrected chi connectivity index (χ1v) is 12.4. The number of pyridine rings is 1. The Kier molecular flexibility index (Phi) is 11.4. The molecular weight excluding hydrogens is 414 g/mol. The van der Waals surface area contributed by atoms with Gasteiger partial charge >= 0.3 is 0 Å². The van der Waals surface area contributed by atoms with Gasteiger partial charge in [0.25, 0.3) is 10.1 Å². The van der Waals surface area contributed by atoms with Gasteiger partial charge in [0.2, 0.25) is 5.69 Å². The van der Waals surface area contributed by atoms with Gasteiger partial charge in [0.1, 0.15) is 5.75 Å². The molecule has 7 heteroatoms. The van der Waals surface area contributed by atoms with Crippen molar-refractivity contribution >= 4 is 16.1 Å². The number of aliphatic carboxylic acids is 1. The predicted octanol–water partition coefficient (Wildman–Crippen LogP) is 3.42. The van der Waals surface area contributed by atoms with E-state index >= 15 is 0 Å². The molecule has 1 aromatic heterocycles. The van der Waals surface area contributed by atoms with Crippen LogP contribution in [0.4, 0.5) is 0 Å². The number of nitrogens with zero attached hydrogens (tertiary/aromatic N) is 1. The molecular formula is C24H35NO5S. The van der Waals surface area contributed by atoms with E-state index in [9.17, 15) is 18.3 Å². The number of aryl methyl sites for hydroxylation is 4. The topological polar surface area (TPSA) is 98.4 Å². The second kappa shape index (κ2) is 13.2. The monoisotopic (exact) mass is 449 g/mol. The molecule has 0 saturated heterocycles. The minimum atomic E-state index is -4.39. The van der Waals surface area contributed by atoms with Crippen molar-refractivity contribution in [3.05, 3.63) is 58.9 Å². The van der Waals surface area contributed by atoms with Gasteiger partial charge in [-0.15, -0.1) is 0 Å². The lowest BCUT2D eigenvalue weighted by molar-refractivity contribution is -0.609. The van der Waals surface area contributed by atoms with Crippen molar-refractivity contribution in [3.8, 4) is 5.69 Å². The molecule has 0 atom stereocenters. The highest BCUT2D eigenvalue weighted by Crippen LogP contribution is 2.13. The summed E-state index contributed by atoms with van der Waals surface area (Å²) < 4.78 is 29.2. The van der Waals surface area contributed by atoms with Crippen LogP contribution in [-0.4, -0.2) is 24.7 Å². The Labute approximate surface area is 186 Å². The first kappa shape index (κ1) is 26.8. The van der Waals surface area contributed by atoms with Gasteiger partial charge in [-0.2, -0.15) is 13.0 Å². The van der Waals surface area contributed by atoms with Gasteiger partial charge in [-0.1, -0.05) is 51.2 Å². The van der Waals surface area contributed by atoms with Crippen LogP contribution in [0.1, 0.15) is 68.0 Å². The van der Waals surface area contributed by atoms with E-state index in [0.717, 1.165) is 0 Å². The molecule has 0 saturated carbocycles. The van der Waals surface area contributed by atoms with Crippen molar-refractivity contribution in [2.24, 2.45) is 0 Å². The van der Waals surface area contributed by atoms with E-state index in [4.69, 9.17) is 4.55 Å². The molecule has 1 heterocycles. The minimum Gasteiger partial charge on any atom is -0.549 e. The Bertz CT molecular complexity index is 914. The fraction of sp³-hybridized carbons (Fsp3) is 0.500. The first-order valence-electron chi connectivity index (χ1n) is 10.8. The lowest BCUT2D eigenvalue weighted by Crippen LogP contribution is -2.37. The number of hydrogen-bond acceptors (Lipinski definition) is 4. The molecule has 0 fully saturated rings. The zero-order chi connectivity index (χ0) is 23.4. The minimum absolute atomic E-state index is 1.21. The third kappa shape index (κ3) is 11.1. The maximum absolute atomic E-state index is 9.58. The highest BCUT2D eigenvalue weighted by atomic mass is 32.2. The summed E-state index contributed by atoms with van der Waals surface area (Å²) in [6.07, 6.45) is 9.41. The van der Waals surface area contributed by atoms with E-state index in [1.807, 2.05) is 0 Å². The zero-order valence-corrected chi connectivity index (χ0v) is 19.9. The maximum Gasteiger partial charge on any atom is 0.270 e. The van der Waals surface area contributed by atoms with E-state index in [-0.39, 0.29) is 0 Å². The molecule has 31 heavy (non-hydrogen) atoms. The summed E-state index contributed by atoms with van der Waals surface area (Å²) in [7, 11) is -4.39. The summed E-state index contributed by atoms with van der Waals surface area (Å²) in [6.45, 7) is 8.80. The largest absolute Gasteiger partial charge is 0.549 e. The van der Waals surface area contributed by atoms with Gasteiger partial charge in [0.15, 0.2) is 11.4 Å². The van der Waals surface area contributed by atoms with Crippen LogP contribution in [0, 0.1) is 20.8 Å². The smallest absolute Gasteiger partial charge is 0.270 e. The molecule has 1 aromatic carbocycles. The first-order chi connectivity index (χ1) is 14.5. The van der Waals surface area contributed by atoms with Crippen molar-refractivity contribution in [3.63, 3.8) is 0 Å². The third-order valence-corrected chi connectivity index (χ3v) is 5.49. The Balaban J connectivity index is 0.000000512. The number of unbranched alkanes of at least 4 members (excludes halogenated alkanes) is 5. The highest BCUT2D eigenvalue weighted by molar-refractivity contribution is 7.86. The van der Waals surface area contributed by atoms with Gasteiger partial charge in [0.05, 0.1) is 5.97 Å². The van der Waals surface area contributed by atoms with E-state index < -0.39 is 21.8 Å². The summed E-state index contributed by atoms with van der Waals surface area (Å²) in [4.78, 5) is 9.36. The van der Waals surface area contributed by atoms with E-state index in [2.05, 4.69) is 68.7 Å². The second-order valence-electron chi connectivity index (χ2n) is 7.93. The average Bonchev–Trinajstić information content (AvgIpc) is 2.63. The Morgan fingerprint density at radius 3 is 1.90 bits per heavy atom. The van der Waals surface area contributed by atoms with Crippen LogP contribution in [0.15, 0.2) is 36.4 Å². The fourth-order valence-corrected chi connectivity index (χ4v) is 3.88. The molecule has 0 aliphatic heterocycles. The highest BCUT2D eigenvalue weighted by Gasteiger charge is 2.14. The molecule has 0 bridgehead atoms. The van der Waals surface area contributed by atoms with E-state index in [1.54, 1.807) is 0 Å². The number of rotatable bonds is 10. The standard InChI is InChI=1S/C22H32N.C2H4O5S/c1-5-6-7-8-9-10-11-21-12-14-22(15-13-21)23-19(3)16-18(2)17-20(23)4;3-2(4)1-8(5,6)7/h12-17H,5-11H2,1-4H3;1H2,(H,3,4)(H,5,6,7)/q+1;/p-1. The van der Waals surface area contributed by atoms with Crippen LogP contribution in [0.3, 0.4) is 0 Å². The quantitative estimate of drug-likeness (QED) is 0.340. The van der Waals surface area contributed by atoms with E-state index in [1.165, 1.54) is 73.1 Å². The summed E-state index contributed by atoms with van der Waals surface area (Å²) in [5.74, 6) is -3.15. The summed E-state index contributed by atoms with van der Waals surface area (Å²) in [5.41, 5.74) is 6.66. The Hall–Kier alpha value is -2.25. The molecule has 6 nitrogen and oxygen atoms in total. The molecule has 172 valence electrons. The van der Waals surface area contributed by atoms with Gasteiger partial charge in [-0.3, -0.25) is 4.55 Å². The number of carboxylic acids is 1. The molecule has 0 aliphatic carbocycles. The molecule has 0 radical (unpaired) electrons. The average molecular weight is 450 g/mol. The van der Waals surface area contributed by atoms with Crippen molar-refractivity contribution in [1.29, 1.82) is 0 Å². The van der Waals surface area contributed by atoms with Gasteiger partial charge in [0, 0.05) is 38.1 Å². The number of carbonyl (C=O) groups is 1. The van der Waals surface area contributed by atoms with Gasteiger partial charge < -0.3 is 9.90 Å². The maximum atomic E-state index is 9.58. The summed E-state index contributed by atoms with van der Waals surface area (Å²) in [6, 6.07) is 13.6. The van der Waals surface area contributed by atoms with Crippen molar-refractivity contribution in [2.45, 2.75) is 72.6 Å². The van der Waals surface area contributed by atoms with Crippen LogP contribution in [0.5, 0.6) is 0 Å². The molecule has 0 spiro atoms. The second-order valence-corrected chi connectivity index (χ2v) is 9.39. The number of hydrogen-bond donors (Lipinski definition) is 1. The Morgan fingerprint density at radius 1 is 0.935 bits per heavy atom. The molecule has 0 unspecified atom stereocenters. The summed E-state index contributed by atoms with van der Waals surface area (Å²) >= 11 is 0. The van der Waals surface area contributed by atoms with Crippen molar-refractivity contribution in [1.82, 2.24) is 0 Å². The zero-order valence-electron chi connectivity index (χ0n) is 19.1. The molecule has 2 rings (SSSR count). The van der Waals surface area contributed by atoms with Crippen LogP contribution < -0.4 is 9.67 Å². The number of aromatic nitrogens is 1. The van der Waals surface area contributed by atoms with Crippen LogP contribution in [0.25, 0.3) is 5.69 Å². The lowest BCUT2D eigenvalue weighted by Gasteiger charge is -2.06. The molecule has 0 aliphatic rings. The number of carboxylic acid groups (broad SMARTS) is 1. The Morgan fingerprint density at radius 2 is 1.45 bits per heavy atom. The van der Waals surface area contributed by atoms with E-state index in [0.29, 0.717) is 0 Å². The van der Waals surface area contributed by atoms with Crippen LogP contribution in [0.2, 0.25) is 0 Å². The van der Waals surface area contributed by atoms with Crippen molar-refractivity contribution in [2.75, 3.05) is 5.75 Å². The predicted molar refractivity (Wildman–Crippen MR) is 121 cm³/mol. The lowest BCUT2D eigenvalue weighted by atomic mass is 10.0. The van der Waals surface area contributed by atoms with Crippen LogP contribution in [-0.2, 0) is 21.3 Å². The van der Waals surface area contributed by atoms with Gasteiger partial charge in [-0.05, 0) is 30.9 Å². The number of benzene rings is 1. The number of carbonyl (C=O) groups excluding carboxylic acids is 1. The third-order valence-electron chi connectivity index (χ3n) is 4.89. The van der Waals surface area contributed by atoms with Gasteiger partial charge in [-0.25, -0.2) is 0 Å². The summed E-state index contributed by atoms with van der Waals surface area (Å²) in [5, 5.41) is 9.36. The molecule has 2 aromatic rings. The fourth-order valence-electron chi connectivity index (χ4n) is 3.59. The normalized spacial score (nSPS) is 11.0. The van der Waals surface area contributed by atoms with Crippen molar-refractivity contribution < 1.29 is 27.4 Å². The SMILES string of the molecule is CCCCCCCCc1ccc(-[n+]2c(C)cc(C)cc2C)cc1.O=C([O-])CS(=O)(=O)O. The molecule has 1 N–H and O–H groups in total.